The third kappa shape index (κ3) is 4.22. The van der Waals surface area contributed by atoms with Crippen molar-refractivity contribution >= 4 is 23.7 Å². The highest BCUT2D eigenvalue weighted by atomic mass is 16.5. The van der Waals surface area contributed by atoms with Crippen LogP contribution in [-0.4, -0.2) is 36.5 Å². The van der Waals surface area contributed by atoms with E-state index in [-0.39, 0.29) is 30.3 Å². The standard InChI is InChI=1S/C27H21NO8/c1-33-20-7-5-14(9-19(20)29)10-22-26(32)17-6-8-21-25(27(17)36-22)18(12-24(31)35-21)15-3-2-4-16(11-15)34-13-23(28)30/h2-11,18,29H,12-13H2,1H3,(H2,28,30). The van der Waals surface area contributed by atoms with Crippen molar-refractivity contribution in [1.82, 2.24) is 0 Å². The van der Waals surface area contributed by atoms with Gasteiger partial charge in [0, 0.05) is 11.5 Å². The van der Waals surface area contributed by atoms with Crippen LogP contribution in [0.2, 0.25) is 0 Å². The van der Waals surface area contributed by atoms with Crippen LogP contribution < -0.4 is 24.7 Å². The Labute approximate surface area is 205 Å². The van der Waals surface area contributed by atoms with Crippen LogP contribution in [0.15, 0.2) is 60.4 Å². The average molecular weight is 487 g/mol. The van der Waals surface area contributed by atoms with Gasteiger partial charge < -0.3 is 29.8 Å². The van der Waals surface area contributed by atoms with Gasteiger partial charge in [0.05, 0.1) is 19.1 Å². The van der Waals surface area contributed by atoms with Crippen molar-refractivity contribution < 1.29 is 38.4 Å². The number of hydrogen-bond acceptors (Lipinski definition) is 8. The summed E-state index contributed by atoms with van der Waals surface area (Å²) in [7, 11) is 1.44. The molecule has 0 saturated heterocycles. The maximum atomic E-state index is 13.2. The van der Waals surface area contributed by atoms with Crippen molar-refractivity contribution in [3.63, 3.8) is 0 Å². The Morgan fingerprint density at radius 1 is 1.14 bits per heavy atom. The Morgan fingerprint density at radius 3 is 2.72 bits per heavy atom. The number of benzene rings is 3. The minimum absolute atomic E-state index is 0.0195. The minimum Gasteiger partial charge on any atom is -0.504 e. The van der Waals surface area contributed by atoms with Crippen molar-refractivity contribution in [2.45, 2.75) is 12.3 Å². The number of primary amides is 1. The molecule has 0 radical (unpaired) electrons. The number of ether oxygens (including phenoxy) is 4. The van der Waals surface area contributed by atoms with E-state index in [1.165, 1.54) is 19.3 Å². The highest BCUT2D eigenvalue weighted by Crippen LogP contribution is 2.49. The van der Waals surface area contributed by atoms with E-state index >= 15 is 0 Å². The molecule has 3 aromatic rings. The number of fused-ring (bicyclic) bond motifs is 3. The largest absolute Gasteiger partial charge is 0.504 e. The van der Waals surface area contributed by atoms with Crippen molar-refractivity contribution in [3.05, 3.63) is 82.6 Å². The average Bonchev–Trinajstić information content (AvgIpc) is 3.17. The molecular formula is C27H21NO8. The quantitative estimate of drug-likeness (QED) is 0.307. The number of Topliss-reactive ketones (excluding diaryl/α,β-unsaturated/α-hetero) is 1. The van der Waals surface area contributed by atoms with Gasteiger partial charge in [-0.05, 0) is 53.6 Å². The molecule has 2 aliphatic rings. The van der Waals surface area contributed by atoms with Gasteiger partial charge in [0.2, 0.25) is 5.78 Å². The molecule has 1 unspecified atom stereocenters. The Bertz CT molecular complexity index is 1440. The molecule has 0 saturated carbocycles. The fourth-order valence-corrected chi connectivity index (χ4v) is 4.31. The molecule has 2 aliphatic heterocycles. The summed E-state index contributed by atoms with van der Waals surface area (Å²) >= 11 is 0. The second kappa shape index (κ2) is 9.10. The van der Waals surface area contributed by atoms with Crippen LogP contribution in [0, 0.1) is 0 Å². The van der Waals surface area contributed by atoms with Crippen molar-refractivity contribution in [2.24, 2.45) is 5.73 Å². The van der Waals surface area contributed by atoms with E-state index < -0.39 is 17.8 Å². The zero-order chi connectivity index (χ0) is 25.4. The van der Waals surface area contributed by atoms with Crippen LogP contribution in [0.4, 0.5) is 0 Å². The number of amides is 1. The molecule has 36 heavy (non-hydrogen) atoms. The topological polar surface area (TPSA) is 134 Å². The minimum atomic E-state index is -0.610. The lowest BCUT2D eigenvalue weighted by molar-refractivity contribution is -0.135. The lowest BCUT2D eigenvalue weighted by atomic mass is 9.84. The number of hydrogen-bond donors (Lipinski definition) is 2. The third-order valence-electron chi connectivity index (χ3n) is 5.92. The van der Waals surface area contributed by atoms with Gasteiger partial charge in [-0.3, -0.25) is 14.4 Å². The molecule has 0 fully saturated rings. The van der Waals surface area contributed by atoms with Crippen LogP contribution in [0.5, 0.6) is 28.7 Å². The number of carbonyl (C=O) groups excluding carboxylic acids is 3. The lowest BCUT2D eigenvalue weighted by Gasteiger charge is -2.26. The first kappa shape index (κ1) is 23.0. The predicted molar refractivity (Wildman–Crippen MR) is 127 cm³/mol. The molecule has 0 aromatic heterocycles. The Morgan fingerprint density at radius 2 is 1.97 bits per heavy atom. The predicted octanol–water partition coefficient (Wildman–Crippen LogP) is 3.32. The monoisotopic (exact) mass is 487 g/mol. The Hall–Kier alpha value is -4.79. The smallest absolute Gasteiger partial charge is 0.312 e. The van der Waals surface area contributed by atoms with Crippen molar-refractivity contribution in [3.8, 4) is 28.7 Å². The maximum absolute atomic E-state index is 13.2. The number of phenols is 1. The van der Waals surface area contributed by atoms with Crippen molar-refractivity contribution in [2.75, 3.05) is 13.7 Å². The van der Waals surface area contributed by atoms with Gasteiger partial charge in [0.1, 0.15) is 17.2 Å². The van der Waals surface area contributed by atoms with Crippen LogP contribution in [0.1, 0.15) is 39.4 Å². The number of allylic oxidation sites excluding steroid dienone is 1. The zero-order valence-electron chi connectivity index (χ0n) is 19.1. The molecule has 0 bridgehead atoms. The first-order chi connectivity index (χ1) is 17.3. The number of carbonyl (C=O) groups is 3. The van der Waals surface area contributed by atoms with E-state index in [1.807, 2.05) is 6.07 Å². The van der Waals surface area contributed by atoms with Crippen molar-refractivity contribution in [1.29, 1.82) is 0 Å². The Balaban J connectivity index is 1.54. The molecule has 182 valence electrons. The number of methoxy groups -OCH3 is 1. The first-order valence-electron chi connectivity index (χ1n) is 11.0. The van der Waals surface area contributed by atoms with E-state index in [0.29, 0.717) is 39.7 Å². The lowest BCUT2D eigenvalue weighted by Crippen LogP contribution is -2.22. The summed E-state index contributed by atoms with van der Waals surface area (Å²) in [5.41, 5.74) is 7.33. The summed E-state index contributed by atoms with van der Waals surface area (Å²) in [6.45, 7) is -0.283. The maximum Gasteiger partial charge on any atom is 0.312 e. The van der Waals surface area contributed by atoms with Gasteiger partial charge in [0.25, 0.3) is 5.91 Å². The van der Waals surface area contributed by atoms with Gasteiger partial charge >= 0.3 is 5.97 Å². The number of phenolic OH excluding ortho intramolecular Hbond substituents is 1. The van der Waals surface area contributed by atoms with E-state index in [2.05, 4.69) is 0 Å². The van der Waals surface area contributed by atoms with Gasteiger partial charge in [0.15, 0.2) is 23.9 Å². The molecule has 9 nitrogen and oxygen atoms in total. The van der Waals surface area contributed by atoms with Crippen LogP contribution in [0.25, 0.3) is 6.08 Å². The Kier molecular flexibility index (Phi) is 5.81. The summed E-state index contributed by atoms with van der Waals surface area (Å²) in [4.78, 5) is 36.6. The summed E-state index contributed by atoms with van der Waals surface area (Å²) in [5, 5.41) is 10.1. The fourth-order valence-electron chi connectivity index (χ4n) is 4.31. The number of esters is 1. The fraction of sp³-hybridized carbons (Fsp3) is 0.148. The van der Waals surface area contributed by atoms with Crippen LogP contribution in [0.3, 0.4) is 0 Å². The van der Waals surface area contributed by atoms with E-state index in [0.717, 1.165) is 5.56 Å². The molecule has 3 aromatic carbocycles. The van der Waals surface area contributed by atoms with E-state index in [9.17, 15) is 19.5 Å². The SMILES string of the molecule is COc1ccc(C=C2Oc3c(ccc4c3C(c3cccc(OCC(N)=O)c3)CC(=O)O4)C2=O)cc1O. The highest BCUT2D eigenvalue weighted by Gasteiger charge is 2.38. The number of ketones is 1. The second-order valence-electron chi connectivity index (χ2n) is 8.28. The molecule has 0 spiro atoms. The number of nitrogens with two attached hydrogens (primary N) is 1. The van der Waals surface area contributed by atoms with Crippen LogP contribution >= 0.6 is 0 Å². The molecular weight excluding hydrogens is 466 g/mol. The van der Waals surface area contributed by atoms with Gasteiger partial charge in [-0.2, -0.15) is 0 Å². The van der Waals surface area contributed by atoms with Gasteiger partial charge in [-0.1, -0.05) is 18.2 Å². The van der Waals surface area contributed by atoms with Crippen LogP contribution in [-0.2, 0) is 9.59 Å². The summed E-state index contributed by atoms with van der Waals surface area (Å²) in [6.07, 6.45) is 1.54. The molecule has 2 heterocycles. The first-order valence-corrected chi connectivity index (χ1v) is 11.0. The molecule has 5 rings (SSSR count). The molecule has 1 atom stereocenters. The number of aromatic hydroxyl groups is 1. The summed E-state index contributed by atoms with van der Waals surface area (Å²) in [6, 6.07) is 14.8. The van der Waals surface area contributed by atoms with Gasteiger partial charge in [-0.15, -0.1) is 0 Å². The van der Waals surface area contributed by atoms with E-state index in [4.69, 9.17) is 24.7 Å². The molecule has 0 aliphatic carbocycles. The molecule has 3 N–H and O–H groups in total. The molecule has 9 heteroatoms. The zero-order valence-corrected chi connectivity index (χ0v) is 19.1. The highest BCUT2D eigenvalue weighted by molar-refractivity contribution is 6.15. The second-order valence-corrected chi connectivity index (χ2v) is 8.28. The normalized spacial score (nSPS) is 17.1. The van der Waals surface area contributed by atoms with E-state index in [1.54, 1.807) is 42.5 Å². The molecule has 1 amide bonds. The van der Waals surface area contributed by atoms with Gasteiger partial charge in [-0.25, -0.2) is 0 Å². The summed E-state index contributed by atoms with van der Waals surface area (Å²) < 4.78 is 22.0. The third-order valence-corrected chi connectivity index (χ3v) is 5.92. The number of rotatable bonds is 6. The summed E-state index contributed by atoms with van der Waals surface area (Å²) in [5.74, 6) is -0.531.